The number of nitrogens with zero attached hydrogens (tertiary/aromatic N) is 3. The summed E-state index contributed by atoms with van der Waals surface area (Å²) in [6.45, 7) is 2.29. The molecule has 0 saturated carbocycles. The Balaban J connectivity index is 1.86. The van der Waals surface area contributed by atoms with E-state index in [0.29, 0.717) is 5.56 Å². The van der Waals surface area contributed by atoms with E-state index >= 15 is 0 Å². The third-order valence-electron chi connectivity index (χ3n) is 4.34. The van der Waals surface area contributed by atoms with Crippen molar-refractivity contribution in [1.29, 1.82) is 0 Å². The van der Waals surface area contributed by atoms with Gasteiger partial charge in [-0.05, 0) is 37.6 Å². The lowest BCUT2D eigenvalue weighted by molar-refractivity contribution is -0.137. The van der Waals surface area contributed by atoms with Crippen LogP contribution in [-0.2, 0) is 15.7 Å². The molecule has 166 valence electrons. The number of carbonyl (C=O) groups is 2. The van der Waals surface area contributed by atoms with Crippen LogP contribution in [0.3, 0.4) is 0 Å². The van der Waals surface area contributed by atoms with Crippen molar-refractivity contribution in [3.63, 3.8) is 0 Å². The quantitative estimate of drug-likeness (QED) is 0.316. The van der Waals surface area contributed by atoms with Crippen LogP contribution in [0, 0.1) is 13.8 Å². The molecule has 1 aromatic heterocycles. The van der Waals surface area contributed by atoms with E-state index < -0.39 is 30.2 Å². The number of hydrazone groups is 1. The summed E-state index contributed by atoms with van der Waals surface area (Å²) < 4.78 is 49.4. The summed E-state index contributed by atoms with van der Waals surface area (Å²) in [6, 6.07) is 12.8. The van der Waals surface area contributed by atoms with E-state index in [9.17, 15) is 22.8 Å². The highest BCUT2D eigenvalue weighted by Gasteiger charge is 2.31. The Bertz CT molecular complexity index is 1120. The first-order chi connectivity index (χ1) is 15.2. The molecule has 3 rings (SSSR count). The minimum atomic E-state index is -4.61. The van der Waals surface area contributed by atoms with E-state index in [2.05, 4.69) is 10.3 Å². The largest absolute Gasteiger partial charge is 0.452 e. The average Bonchev–Trinajstić information content (AvgIpc) is 3.10. The standard InChI is InChI=1S/C22H18F3N3O4/c1-14-20(15(2)32-27-14)21(30)31-13-19(29)28(26-12-16-7-4-3-5-8-16)18-10-6-9-17(11-18)22(23,24)25/h3-12H,13H2,1-2H3/b26-12+. The fourth-order valence-electron chi connectivity index (χ4n) is 2.79. The first kappa shape index (κ1) is 22.7. The number of hydrogen-bond donors (Lipinski definition) is 0. The fourth-order valence-corrected chi connectivity index (χ4v) is 2.79. The molecule has 0 fully saturated rings. The van der Waals surface area contributed by atoms with Gasteiger partial charge >= 0.3 is 12.1 Å². The number of halogens is 3. The number of ether oxygens (including phenoxy) is 1. The molecule has 0 radical (unpaired) electrons. The van der Waals surface area contributed by atoms with Crippen molar-refractivity contribution < 1.29 is 32.0 Å². The van der Waals surface area contributed by atoms with Crippen LogP contribution in [-0.4, -0.2) is 29.9 Å². The van der Waals surface area contributed by atoms with Crippen molar-refractivity contribution in [2.75, 3.05) is 11.6 Å². The molecule has 0 saturated heterocycles. The van der Waals surface area contributed by atoms with E-state index in [-0.39, 0.29) is 22.7 Å². The summed E-state index contributed by atoms with van der Waals surface area (Å²) in [5, 5.41) is 8.43. The highest BCUT2D eigenvalue weighted by atomic mass is 19.4. The van der Waals surface area contributed by atoms with E-state index in [1.54, 1.807) is 30.3 Å². The molecule has 1 heterocycles. The van der Waals surface area contributed by atoms with Crippen molar-refractivity contribution >= 4 is 23.8 Å². The monoisotopic (exact) mass is 445 g/mol. The topological polar surface area (TPSA) is 85.0 Å². The molecule has 0 aliphatic carbocycles. The lowest BCUT2D eigenvalue weighted by Crippen LogP contribution is -2.31. The molecular weight excluding hydrogens is 427 g/mol. The molecular formula is C22H18F3N3O4. The number of hydrogen-bond acceptors (Lipinski definition) is 6. The van der Waals surface area contributed by atoms with Crippen LogP contribution in [0.1, 0.15) is 32.9 Å². The first-order valence-corrected chi connectivity index (χ1v) is 9.36. The molecule has 0 aliphatic rings. The molecule has 7 nitrogen and oxygen atoms in total. The van der Waals surface area contributed by atoms with Crippen molar-refractivity contribution in [1.82, 2.24) is 5.16 Å². The molecule has 10 heteroatoms. The molecule has 3 aromatic rings. The minimum absolute atomic E-state index is 0.0798. The third-order valence-corrected chi connectivity index (χ3v) is 4.34. The van der Waals surface area contributed by atoms with Crippen molar-refractivity contribution in [3.05, 3.63) is 82.7 Å². The van der Waals surface area contributed by atoms with Gasteiger partial charge in [-0.2, -0.15) is 23.3 Å². The first-order valence-electron chi connectivity index (χ1n) is 9.36. The van der Waals surface area contributed by atoms with Crippen LogP contribution < -0.4 is 5.01 Å². The lowest BCUT2D eigenvalue weighted by Gasteiger charge is -2.18. The minimum Gasteiger partial charge on any atom is -0.452 e. The Morgan fingerprint density at radius 1 is 1.12 bits per heavy atom. The number of alkyl halides is 3. The number of esters is 1. The Kier molecular flexibility index (Phi) is 6.72. The van der Waals surface area contributed by atoms with Gasteiger partial charge in [0.1, 0.15) is 11.3 Å². The van der Waals surface area contributed by atoms with Gasteiger partial charge in [-0.25, -0.2) is 4.79 Å². The van der Waals surface area contributed by atoms with Crippen LogP contribution in [0.15, 0.2) is 64.2 Å². The van der Waals surface area contributed by atoms with Crippen LogP contribution in [0.4, 0.5) is 18.9 Å². The van der Waals surface area contributed by atoms with Gasteiger partial charge in [-0.15, -0.1) is 0 Å². The number of aryl methyl sites for hydroxylation is 2. The summed E-state index contributed by atoms with van der Waals surface area (Å²) in [4.78, 5) is 25.1. The molecule has 2 aromatic carbocycles. The highest BCUT2D eigenvalue weighted by Crippen LogP contribution is 2.31. The maximum Gasteiger partial charge on any atom is 0.416 e. The second kappa shape index (κ2) is 9.46. The van der Waals surface area contributed by atoms with Crippen molar-refractivity contribution in [2.45, 2.75) is 20.0 Å². The zero-order chi connectivity index (χ0) is 23.3. The van der Waals surface area contributed by atoms with Crippen LogP contribution in [0.5, 0.6) is 0 Å². The van der Waals surface area contributed by atoms with Crippen molar-refractivity contribution in [3.8, 4) is 0 Å². The Labute approximate surface area is 181 Å². The van der Waals surface area contributed by atoms with Gasteiger partial charge < -0.3 is 9.26 Å². The summed E-state index contributed by atoms with van der Waals surface area (Å²) in [5.74, 6) is -1.47. The number of rotatable bonds is 6. The van der Waals surface area contributed by atoms with Crippen LogP contribution >= 0.6 is 0 Å². The van der Waals surface area contributed by atoms with Crippen molar-refractivity contribution in [2.24, 2.45) is 5.10 Å². The highest BCUT2D eigenvalue weighted by molar-refractivity contribution is 5.98. The number of amides is 1. The van der Waals surface area contributed by atoms with E-state index in [1.165, 1.54) is 26.1 Å². The van der Waals surface area contributed by atoms with Crippen LogP contribution in [0.25, 0.3) is 0 Å². The molecule has 0 unspecified atom stereocenters. The number of anilines is 1. The SMILES string of the molecule is Cc1noc(C)c1C(=O)OCC(=O)N(/N=C/c1ccccc1)c1cccc(C(F)(F)F)c1. The maximum absolute atomic E-state index is 13.1. The zero-order valence-corrected chi connectivity index (χ0v) is 17.1. The normalized spacial score (nSPS) is 11.5. The molecule has 0 spiro atoms. The predicted octanol–water partition coefficient (Wildman–Crippen LogP) is 4.53. The predicted molar refractivity (Wildman–Crippen MR) is 109 cm³/mol. The summed E-state index contributed by atoms with van der Waals surface area (Å²) in [7, 11) is 0. The zero-order valence-electron chi connectivity index (χ0n) is 17.1. The Hall–Kier alpha value is -3.95. The smallest absolute Gasteiger partial charge is 0.416 e. The summed E-state index contributed by atoms with van der Waals surface area (Å²) in [5.41, 5.74) is -0.0983. The van der Waals surface area contributed by atoms with Gasteiger partial charge in [0.25, 0.3) is 5.91 Å². The van der Waals surface area contributed by atoms with Crippen LogP contribution in [0.2, 0.25) is 0 Å². The number of carbonyl (C=O) groups excluding carboxylic acids is 2. The molecule has 0 aliphatic heterocycles. The van der Waals surface area contributed by atoms with Gasteiger partial charge in [0.15, 0.2) is 6.61 Å². The molecule has 1 amide bonds. The Morgan fingerprint density at radius 3 is 2.47 bits per heavy atom. The van der Waals surface area contributed by atoms with E-state index in [4.69, 9.17) is 9.26 Å². The fraction of sp³-hybridized carbons (Fsp3) is 0.182. The van der Waals surface area contributed by atoms with Gasteiger partial charge in [0.2, 0.25) is 0 Å². The third kappa shape index (κ3) is 5.39. The molecule has 32 heavy (non-hydrogen) atoms. The number of benzene rings is 2. The van der Waals surface area contributed by atoms with E-state index in [1.807, 2.05) is 0 Å². The maximum atomic E-state index is 13.1. The molecule has 0 bridgehead atoms. The Morgan fingerprint density at radius 2 is 1.84 bits per heavy atom. The summed E-state index contributed by atoms with van der Waals surface area (Å²) in [6.07, 6.45) is -3.29. The summed E-state index contributed by atoms with van der Waals surface area (Å²) >= 11 is 0. The van der Waals surface area contributed by atoms with Gasteiger partial charge in [-0.3, -0.25) is 4.79 Å². The van der Waals surface area contributed by atoms with E-state index in [0.717, 1.165) is 23.2 Å². The lowest BCUT2D eigenvalue weighted by atomic mass is 10.2. The average molecular weight is 445 g/mol. The van der Waals surface area contributed by atoms with Gasteiger partial charge in [0.05, 0.1) is 23.2 Å². The number of aromatic nitrogens is 1. The second-order valence-electron chi connectivity index (χ2n) is 6.68. The molecule has 0 N–H and O–H groups in total. The second-order valence-corrected chi connectivity index (χ2v) is 6.68. The van der Waals surface area contributed by atoms with Gasteiger partial charge in [0, 0.05) is 0 Å². The van der Waals surface area contributed by atoms with Gasteiger partial charge in [-0.1, -0.05) is 41.6 Å². The molecule has 0 atom stereocenters.